The highest BCUT2D eigenvalue weighted by atomic mass is 35.5. The smallest absolute Gasteiger partial charge is 0.248 e. The molecule has 2 N–H and O–H groups in total. The largest absolute Gasteiger partial charge is 0.332 e. The molecule has 0 amide bonds. The van der Waals surface area contributed by atoms with Crippen molar-refractivity contribution >= 4 is 52.2 Å². The van der Waals surface area contributed by atoms with Gasteiger partial charge in [-0.2, -0.15) is 0 Å². The summed E-state index contributed by atoms with van der Waals surface area (Å²) in [7, 11) is 0. The summed E-state index contributed by atoms with van der Waals surface area (Å²) in [4.78, 5) is 4.24. The van der Waals surface area contributed by atoms with Crippen molar-refractivity contribution in [2.75, 3.05) is 10.6 Å². The molecule has 0 saturated heterocycles. The van der Waals surface area contributed by atoms with Gasteiger partial charge in [0.2, 0.25) is 5.95 Å². The summed E-state index contributed by atoms with van der Waals surface area (Å²) in [5.74, 6) is 0.969. The maximum absolute atomic E-state index is 6.05. The van der Waals surface area contributed by atoms with E-state index >= 15 is 0 Å². The van der Waals surface area contributed by atoms with E-state index in [1.807, 2.05) is 24.3 Å². The summed E-state index contributed by atoms with van der Waals surface area (Å²) in [5.41, 5.74) is 3.21. The number of thiocarbonyl (C=S) groups is 1. The van der Waals surface area contributed by atoms with Crippen molar-refractivity contribution in [1.29, 1.82) is 0 Å². The third-order valence-corrected chi connectivity index (χ3v) is 5.38. The Bertz CT molecular complexity index is 955. The third kappa shape index (κ3) is 5.44. The molecule has 0 aliphatic rings. The van der Waals surface area contributed by atoms with Gasteiger partial charge in [0.15, 0.2) is 5.11 Å². The molecule has 1 atom stereocenters. The van der Waals surface area contributed by atoms with Crippen LogP contribution in [0.15, 0.2) is 48.8 Å². The van der Waals surface area contributed by atoms with Gasteiger partial charge in [-0.3, -0.25) is 5.32 Å². The van der Waals surface area contributed by atoms with Crippen LogP contribution < -0.4 is 10.6 Å². The van der Waals surface area contributed by atoms with E-state index < -0.39 is 0 Å². The Hall–Kier alpha value is -2.15. The van der Waals surface area contributed by atoms with Crippen molar-refractivity contribution in [2.24, 2.45) is 0 Å². The zero-order valence-corrected chi connectivity index (χ0v) is 17.9. The lowest BCUT2D eigenvalue weighted by molar-refractivity contribution is 0.687. The van der Waals surface area contributed by atoms with E-state index in [1.54, 1.807) is 17.1 Å². The van der Waals surface area contributed by atoms with Gasteiger partial charge >= 0.3 is 0 Å². The maximum atomic E-state index is 6.05. The van der Waals surface area contributed by atoms with Gasteiger partial charge in [0.05, 0.1) is 16.6 Å². The first-order valence-electron chi connectivity index (χ1n) is 8.96. The normalized spacial score (nSPS) is 11.9. The Balaban J connectivity index is 1.57. The van der Waals surface area contributed by atoms with Crippen LogP contribution >= 0.6 is 35.4 Å². The summed E-state index contributed by atoms with van der Waals surface area (Å²) in [5, 5.41) is 12.0. The lowest BCUT2D eigenvalue weighted by Gasteiger charge is -2.11. The Kier molecular flexibility index (Phi) is 6.88. The van der Waals surface area contributed by atoms with Gasteiger partial charge < -0.3 is 5.32 Å². The van der Waals surface area contributed by atoms with Gasteiger partial charge in [0, 0.05) is 5.69 Å². The Labute approximate surface area is 180 Å². The van der Waals surface area contributed by atoms with E-state index in [2.05, 4.69) is 46.7 Å². The second-order valence-corrected chi connectivity index (χ2v) is 7.75. The fourth-order valence-electron chi connectivity index (χ4n) is 2.65. The fraction of sp³-hybridized carbons (Fsp3) is 0.250. The summed E-state index contributed by atoms with van der Waals surface area (Å²) < 4.78 is 1.70. The van der Waals surface area contributed by atoms with Gasteiger partial charge in [-0.15, -0.1) is 5.10 Å². The van der Waals surface area contributed by atoms with Crippen LogP contribution in [0, 0.1) is 0 Å². The van der Waals surface area contributed by atoms with Crippen molar-refractivity contribution in [3.63, 3.8) is 0 Å². The second-order valence-electron chi connectivity index (χ2n) is 6.52. The Morgan fingerprint density at radius 1 is 1.11 bits per heavy atom. The van der Waals surface area contributed by atoms with Gasteiger partial charge in [-0.05, 0) is 59.9 Å². The lowest BCUT2D eigenvalue weighted by atomic mass is 9.99. The molecule has 3 rings (SSSR count). The topological polar surface area (TPSA) is 54.8 Å². The highest BCUT2D eigenvalue weighted by molar-refractivity contribution is 7.80. The minimum absolute atomic E-state index is 0.425. The first kappa shape index (κ1) is 20.6. The molecular weight excluding hydrogens is 413 g/mol. The van der Waals surface area contributed by atoms with E-state index in [0.717, 1.165) is 17.7 Å². The molecule has 0 radical (unpaired) electrons. The van der Waals surface area contributed by atoms with Gasteiger partial charge in [-0.25, -0.2) is 9.67 Å². The van der Waals surface area contributed by atoms with Crippen molar-refractivity contribution in [1.82, 2.24) is 14.8 Å². The molecule has 3 aromatic rings. The Morgan fingerprint density at radius 3 is 2.54 bits per heavy atom. The molecule has 0 bridgehead atoms. The SMILES string of the molecule is CCC(C)c1ccc(NC(=S)Nc2ncn(Cc3ccc(Cl)c(Cl)c3)n2)cc1. The van der Waals surface area contributed by atoms with E-state index in [0.29, 0.717) is 33.6 Å². The number of hydrogen-bond acceptors (Lipinski definition) is 3. The minimum Gasteiger partial charge on any atom is -0.332 e. The number of hydrogen-bond donors (Lipinski definition) is 2. The summed E-state index contributed by atoms with van der Waals surface area (Å²) in [6.45, 7) is 4.93. The van der Waals surface area contributed by atoms with Crippen molar-refractivity contribution in [3.8, 4) is 0 Å². The molecule has 1 unspecified atom stereocenters. The predicted molar refractivity (Wildman–Crippen MR) is 121 cm³/mol. The molecule has 0 aliphatic heterocycles. The standard InChI is InChI=1S/C20H21Cl2N5S/c1-3-13(2)15-5-7-16(8-6-15)24-20(28)25-19-23-12-27(26-19)11-14-4-9-17(21)18(22)10-14/h4-10,12-13H,3,11H2,1-2H3,(H2,24,25,26,28). The quantitative estimate of drug-likeness (QED) is 0.469. The van der Waals surface area contributed by atoms with Crippen LogP contribution in [0.1, 0.15) is 37.3 Å². The van der Waals surface area contributed by atoms with Crippen LogP contribution in [0.3, 0.4) is 0 Å². The Morgan fingerprint density at radius 2 is 1.86 bits per heavy atom. The number of nitrogens with zero attached hydrogens (tertiary/aromatic N) is 3. The zero-order chi connectivity index (χ0) is 20.1. The number of rotatable bonds is 6. The molecule has 1 aromatic heterocycles. The highest BCUT2D eigenvalue weighted by Crippen LogP contribution is 2.23. The highest BCUT2D eigenvalue weighted by Gasteiger charge is 2.07. The first-order valence-corrected chi connectivity index (χ1v) is 10.1. The predicted octanol–water partition coefficient (Wildman–Crippen LogP) is 5.96. The van der Waals surface area contributed by atoms with Crippen LogP contribution in [0.25, 0.3) is 0 Å². The molecule has 1 heterocycles. The molecule has 8 heteroatoms. The van der Waals surface area contributed by atoms with E-state index in [4.69, 9.17) is 35.4 Å². The number of nitrogens with one attached hydrogen (secondary N) is 2. The second kappa shape index (κ2) is 9.37. The summed E-state index contributed by atoms with van der Waals surface area (Å²) in [6.07, 6.45) is 2.75. The molecule has 28 heavy (non-hydrogen) atoms. The first-order chi connectivity index (χ1) is 13.4. The number of benzene rings is 2. The van der Waals surface area contributed by atoms with Crippen LogP contribution in [0.5, 0.6) is 0 Å². The number of halogens is 2. The average Bonchev–Trinajstić information content (AvgIpc) is 3.11. The molecule has 0 fully saturated rings. The zero-order valence-electron chi connectivity index (χ0n) is 15.6. The van der Waals surface area contributed by atoms with Crippen LogP contribution in [-0.4, -0.2) is 19.9 Å². The van der Waals surface area contributed by atoms with E-state index in [1.165, 1.54) is 5.56 Å². The monoisotopic (exact) mass is 433 g/mol. The average molecular weight is 434 g/mol. The van der Waals surface area contributed by atoms with Crippen molar-refractivity contribution in [2.45, 2.75) is 32.7 Å². The molecule has 2 aromatic carbocycles. The van der Waals surface area contributed by atoms with Gasteiger partial charge in [0.25, 0.3) is 0 Å². The molecule has 0 aliphatic carbocycles. The van der Waals surface area contributed by atoms with E-state index in [9.17, 15) is 0 Å². The summed E-state index contributed by atoms with van der Waals surface area (Å²) >= 11 is 17.3. The number of anilines is 2. The van der Waals surface area contributed by atoms with Gasteiger partial charge in [0.1, 0.15) is 6.33 Å². The molecule has 146 valence electrons. The van der Waals surface area contributed by atoms with Crippen molar-refractivity contribution < 1.29 is 0 Å². The van der Waals surface area contributed by atoms with Gasteiger partial charge in [-0.1, -0.05) is 55.2 Å². The molecule has 0 spiro atoms. The lowest BCUT2D eigenvalue weighted by Crippen LogP contribution is -2.20. The van der Waals surface area contributed by atoms with Crippen LogP contribution in [0.4, 0.5) is 11.6 Å². The summed E-state index contributed by atoms with van der Waals surface area (Å²) in [6, 6.07) is 13.7. The van der Waals surface area contributed by atoms with Crippen LogP contribution in [0.2, 0.25) is 10.0 Å². The maximum Gasteiger partial charge on any atom is 0.248 e. The number of aromatic nitrogens is 3. The minimum atomic E-state index is 0.425. The fourth-order valence-corrected chi connectivity index (χ4v) is 3.18. The molecule has 0 saturated carbocycles. The van der Waals surface area contributed by atoms with Crippen LogP contribution in [-0.2, 0) is 6.54 Å². The molecular formula is C20H21Cl2N5S. The van der Waals surface area contributed by atoms with E-state index in [-0.39, 0.29) is 0 Å². The molecule has 5 nitrogen and oxygen atoms in total. The third-order valence-electron chi connectivity index (χ3n) is 4.44. The van der Waals surface area contributed by atoms with Crippen molar-refractivity contribution in [3.05, 3.63) is 70.0 Å².